The lowest BCUT2D eigenvalue weighted by molar-refractivity contribution is 0.573. The molecule has 2 rings (SSSR count). The smallest absolute Gasteiger partial charge is 0.150 e. The fraction of sp³-hybridized carbons (Fsp3) is 0.600. The Labute approximate surface area is 113 Å². The topological polar surface area (TPSA) is 34.1 Å². The van der Waals surface area contributed by atoms with E-state index in [2.05, 4.69) is 15.9 Å². The molecule has 1 aliphatic rings. The van der Waals surface area contributed by atoms with Crippen LogP contribution in [0.5, 0.6) is 0 Å². The normalized spacial score (nSPS) is 25.8. The lowest BCUT2D eigenvalue weighted by Crippen LogP contribution is -2.09. The van der Waals surface area contributed by atoms with Crippen LogP contribution in [0.1, 0.15) is 22.2 Å². The first kappa shape index (κ1) is 12.9. The summed E-state index contributed by atoms with van der Waals surface area (Å²) >= 11 is 11.4. The molecule has 0 aromatic carbocycles. The van der Waals surface area contributed by atoms with E-state index in [0.717, 1.165) is 14.2 Å². The molecule has 1 saturated heterocycles. The monoisotopic (exact) mass is 342 g/mol. The van der Waals surface area contributed by atoms with E-state index in [1.165, 1.54) is 0 Å². The molecule has 16 heavy (non-hydrogen) atoms. The minimum atomic E-state index is -2.84. The Hall–Kier alpha value is 0.420. The standard InChI is InChI=1S/C10H12BrClO2S2/c1-6-4-8(15-10(6)11)9(12)7-2-3-16(13,14)5-7/h4,7,9H,2-3,5H2,1H3. The molecule has 0 spiro atoms. The quantitative estimate of drug-likeness (QED) is 0.770. The van der Waals surface area contributed by atoms with Crippen molar-refractivity contribution in [1.29, 1.82) is 0 Å². The van der Waals surface area contributed by atoms with Crippen LogP contribution < -0.4 is 0 Å². The number of hydrogen-bond acceptors (Lipinski definition) is 3. The lowest BCUT2D eigenvalue weighted by atomic mass is 10.0. The first-order chi connectivity index (χ1) is 7.39. The van der Waals surface area contributed by atoms with Crippen molar-refractivity contribution in [3.05, 3.63) is 20.3 Å². The van der Waals surface area contributed by atoms with Gasteiger partial charge < -0.3 is 0 Å². The highest BCUT2D eigenvalue weighted by Crippen LogP contribution is 2.41. The van der Waals surface area contributed by atoms with Gasteiger partial charge in [-0.3, -0.25) is 0 Å². The van der Waals surface area contributed by atoms with Gasteiger partial charge in [0.25, 0.3) is 0 Å². The maximum absolute atomic E-state index is 11.4. The van der Waals surface area contributed by atoms with Gasteiger partial charge in [-0.05, 0) is 46.8 Å². The van der Waals surface area contributed by atoms with Gasteiger partial charge in [0.05, 0.1) is 20.7 Å². The van der Waals surface area contributed by atoms with Crippen molar-refractivity contribution in [3.63, 3.8) is 0 Å². The minimum absolute atomic E-state index is 0.0663. The molecule has 0 N–H and O–H groups in total. The van der Waals surface area contributed by atoms with Gasteiger partial charge in [0.2, 0.25) is 0 Å². The van der Waals surface area contributed by atoms with E-state index in [1.807, 2.05) is 13.0 Å². The molecule has 2 heterocycles. The largest absolute Gasteiger partial charge is 0.229 e. The summed E-state index contributed by atoms with van der Waals surface area (Å²) in [6.07, 6.45) is 0.686. The van der Waals surface area contributed by atoms with Crippen LogP contribution >= 0.6 is 38.9 Å². The molecule has 2 nitrogen and oxygen atoms in total. The van der Waals surface area contributed by atoms with Crippen LogP contribution in [0.25, 0.3) is 0 Å². The molecule has 6 heteroatoms. The highest BCUT2D eigenvalue weighted by Gasteiger charge is 2.34. The number of aryl methyl sites for hydroxylation is 1. The second-order valence-electron chi connectivity index (χ2n) is 4.17. The van der Waals surface area contributed by atoms with Crippen molar-refractivity contribution in [2.45, 2.75) is 18.7 Å². The van der Waals surface area contributed by atoms with Crippen molar-refractivity contribution >= 4 is 48.7 Å². The molecule has 1 fully saturated rings. The number of halogens is 2. The van der Waals surface area contributed by atoms with Crippen molar-refractivity contribution < 1.29 is 8.42 Å². The summed E-state index contributed by atoms with van der Waals surface area (Å²) < 4.78 is 23.8. The van der Waals surface area contributed by atoms with Crippen LogP contribution in [-0.2, 0) is 9.84 Å². The first-order valence-electron chi connectivity index (χ1n) is 4.99. The number of hydrogen-bond donors (Lipinski definition) is 0. The van der Waals surface area contributed by atoms with E-state index in [-0.39, 0.29) is 22.8 Å². The van der Waals surface area contributed by atoms with Crippen LogP contribution in [0.3, 0.4) is 0 Å². The summed E-state index contributed by atoms with van der Waals surface area (Å²) in [5.74, 6) is 0.582. The van der Waals surface area contributed by atoms with Gasteiger partial charge >= 0.3 is 0 Å². The molecular formula is C10H12BrClO2S2. The molecule has 1 aliphatic heterocycles. The summed E-state index contributed by atoms with van der Waals surface area (Å²) in [6.45, 7) is 2.01. The first-order valence-corrected chi connectivity index (χ1v) is 8.86. The molecule has 0 aliphatic carbocycles. The highest BCUT2D eigenvalue weighted by molar-refractivity contribution is 9.11. The van der Waals surface area contributed by atoms with E-state index < -0.39 is 9.84 Å². The average Bonchev–Trinajstić information content (AvgIpc) is 2.70. The molecule has 0 radical (unpaired) electrons. The Morgan fingerprint density at radius 3 is 2.75 bits per heavy atom. The predicted octanol–water partition coefficient (Wildman–Crippen LogP) is 3.53. The number of thiophene rings is 1. The molecular weight excluding hydrogens is 332 g/mol. The Bertz CT molecular complexity index is 475. The van der Waals surface area contributed by atoms with Crippen LogP contribution in [0.4, 0.5) is 0 Å². The summed E-state index contributed by atoms with van der Waals surface area (Å²) in [6, 6.07) is 2.04. The second-order valence-corrected chi connectivity index (χ2v) is 9.27. The second kappa shape index (κ2) is 4.59. The van der Waals surface area contributed by atoms with Gasteiger partial charge in [-0.15, -0.1) is 22.9 Å². The Kier molecular flexibility index (Phi) is 3.69. The van der Waals surface area contributed by atoms with E-state index >= 15 is 0 Å². The maximum Gasteiger partial charge on any atom is 0.150 e. The number of alkyl halides is 1. The Morgan fingerprint density at radius 1 is 1.62 bits per heavy atom. The zero-order valence-corrected chi connectivity index (χ0v) is 12.7. The van der Waals surface area contributed by atoms with Crippen molar-refractivity contribution in [2.24, 2.45) is 5.92 Å². The van der Waals surface area contributed by atoms with Crippen molar-refractivity contribution in [3.8, 4) is 0 Å². The van der Waals surface area contributed by atoms with Gasteiger partial charge in [0.1, 0.15) is 0 Å². The molecule has 2 atom stereocenters. The van der Waals surface area contributed by atoms with E-state index in [4.69, 9.17) is 11.6 Å². The minimum Gasteiger partial charge on any atom is -0.229 e. The maximum atomic E-state index is 11.4. The molecule has 1 aromatic heterocycles. The Morgan fingerprint density at radius 2 is 2.31 bits per heavy atom. The third-order valence-corrected chi connectivity index (χ3v) is 7.56. The molecule has 2 unspecified atom stereocenters. The van der Waals surface area contributed by atoms with Gasteiger partial charge in [-0.1, -0.05) is 0 Å². The van der Waals surface area contributed by atoms with Crippen LogP contribution in [0, 0.1) is 12.8 Å². The summed E-state index contributed by atoms with van der Waals surface area (Å²) in [5.41, 5.74) is 1.16. The van der Waals surface area contributed by atoms with Crippen LogP contribution in [0.15, 0.2) is 9.85 Å². The van der Waals surface area contributed by atoms with E-state index in [0.29, 0.717) is 6.42 Å². The van der Waals surface area contributed by atoms with Gasteiger partial charge in [-0.25, -0.2) is 8.42 Å². The fourth-order valence-corrected chi connectivity index (χ4v) is 5.91. The predicted molar refractivity (Wildman–Crippen MR) is 72.1 cm³/mol. The van der Waals surface area contributed by atoms with Gasteiger partial charge in [0, 0.05) is 4.88 Å². The van der Waals surface area contributed by atoms with Crippen molar-refractivity contribution in [1.82, 2.24) is 0 Å². The SMILES string of the molecule is Cc1cc(C(Cl)C2CCS(=O)(=O)C2)sc1Br. The van der Waals surface area contributed by atoms with E-state index in [9.17, 15) is 8.42 Å². The number of rotatable bonds is 2. The summed E-state index contributed by atoms with van der Waals surface area (Å²) in [4.78, 5) is 1.06. The van der Waals surface area contributed by atoms with Crippen LogP contribution in [-0.4, -0.2) is 19.9 Å². The molecule has 0 saturated carbocycles. The third kappa shape index (κ3) is 2.63. The zero-order valence-electron chi connectivity index (χ0n) is 8.74. The van der Waals surface area contributed by atoms with E-state index in [1.54, 1.807) is 11.3 Å². The lowest BCUT2D eigenvalue weighted by Gasteiger charge is -2.13. The highest BCUT2D eigenvalue weighted by atomic mass is 79.9. The van der Waals surface area contributed by atoms with Crippen molar-refractivity contribution in [2.75, 3.05) is 11.5 Å². The molecule has 90 valence electrons. The van der Waals surface area contributed by atoms with Crippen LogP contribution in [0.2, 0.25) is 0 Å². The van der Waals surface area contributed by atoms with Gasteiger partial charge in [0.15, 0.2) is 9.84 Å². The third-order valence-electron chi connectivity index (χ3n) is 2.83. The zero-order chi connectivity index (χ0) is 11.9. The molecule has 1 aromatic rings. The summed E-state index contributed by atoms with van der Waals surface area (Å²) in [5, 5.41) is -0.174. The summed E-state index contributed by atoms with van der Waals surface area (Å²) in [7, 11) is -2.84. The number of sulfone groups is 1. The van der Waals surface area contributed by atoms with Gasteiger partial charge in [-0.2, -0.15) is 0 Å². The molecule has 0 amide bonds. The fourth-order valence-electron chi connectivity index (χ4n) is 1.91. The average molecular weight is 344 g/mol. The Balaban J connectivity index is 2.17. The molecule has 0 bridgehead atoms.